The van der Waals surface area contributed by atoms with Crippen molar-refractivity contribution in [3.8, 4) is 0 Å². The van der Waals surface area contributed by atoms with Gasteiger partial charge in [0.2, 0.25) is 0 Å². The zero-order valence-corrected chi connectivity index (χ0v) is 12.7. The van der Waals surface area contributed by atoms with Gasteiger partial charge >= 0.3 is 5.97 Å². The van der Waals surface area contributed by atoms with Crippen LogP contribution in [-0.2, 0) is 6.54 Å². The fraction of sp³-hybridized carbons (Fsp3) is 0.529. The van der Waals surface area contributed by atoms with Gasteiger partial charge in [-0.2, -0.15) is 0 Å². The van der Waals surface area contributed by atoms with Crippen LogP contribution in [0.1, 0.15) is 61.6 Å². The highest BCUT2D eigenvalue weighted by Gasteiger charge is 2.21. The number of carboxylic acid groups (broad SMARTS) is 1. The Bertz CT molecular complexity index is 669. The summed E-state index contributed by atoms with van der Waals surface area (Å²) in [6, 6.07) is 5.21. The zero-order chi connectivity index (χ0) is 15.0. The second-order valence-electron chi connectivity index (χ2n) is 6.37. The number of nitrogens with zero attached hydrogens (tertiary/aromatic N) is 2. The Labute approximate surface area is 124 Å². The zero-order valence-electron chi connectivity index (χ0n) is 12.7. The average Bonchev–Trinajstić information content (AvgIpc) is 3.19. The second-order valence-corrected chi connectivity index (χ2v) is 6.37. The number of imidazole rings is 1. The molecule has 0 bridgehead atoms. The molecule has 1 heterocycles. The maximum Gasteiger partial charge on any atom is 0.335 e. The normalized spacial score (nSPS) is 15.0. The van der Waals surface area contributed by atoms with Crippen LogP contribution in [0.5, 0.6) is 0 Å². The molecule has 1 fully saturated rings. The summed E-state index contributed by atoms with van der Waals surface area (Å²) < 4.78 is 2.22. The van der Waals surface area contributed by atoms with Crippen LogP contribution in [0.4, 0.5) is 0 Å². The number of aryl methyl sites for hydroxylation is 1. The van der Waals surface area contributed by atoms with Gasteiger partial charge in [-0.25, -0.2) is 9.78 Å². The molecule has 1 aliphatic carbocycles. The van der Waals surface area contributed by atoms with Gasteiger partial charge < -0.3 is 9.67 Å². The molecule has 0 spiro atoms. The van der Waals surface area contributed by atoms with Gasteiger partial charge in [0.25, 0.3) is 0 Å². The smallest absolute Gasteiger partial charge is 0.335 e. The highest BCUT2D eigenvalue weighted by molar-refractivity contribution is 5.92. The predicted molar refractivity (Wildman–Crippen MR) is 82.7 cm³/mol. The van der Waals surface area contributed by atoms with Crippen molar-refractivity contribution in [3.05, 3.63) is 29.6 Å². The van der Waals surface area contributed by atoms with Gasteiger partial charge in [-0.3, -0.25) is 0 Å². The Morgan fingerprint density at radius 2 is 2.19 bits per heavy atom. The van der Waals surface area contributed by atoms with Crippen LogP contribution < -0.4 is 0 Å². The molecule has 21 heavy (non-hydrogen) atoms. The topological polar surface area (TPSA) is 55.1 Å². The van der Waals surface area contributed by atoms with E-state index in [0.29, 0.717) is 11.5 Å². The number of carboxylic acids is 1. The van der Waals surface area contributed by atoms with E-state index in [9.17, 15) is 9.90 Å². The molecule has 0 amide bonds. The van der Waals surface area contributed by atoms with Gasteiger partial charge in [0.15, 0.2) is 0 Å². The van der Waals surface area contributed by atoms with Gasteiger partial charge in [0.05, 0.1) is 16.6 Å². The third kappa shape index (κ3) is 2.94. The molecule has 0 radical (unpaired) electrons. The summed E-state index contributed by atoms with van der Waals surface area (Å²) in [7, 11) is 0. The lowest BCUT2D eigenvalue weighted by atomic mass is 10.1. The Morgan fingerprint density at radius 1 is 1.43 bits per heavy atom. The number of aromatic nitrogens is 2. The fourth-order valence-corrected chi connectivity index (χ4v) is 2.89. The SMILES string of the molecule is CC(C)c1nc2ccc(C(=O)O)cc2n1CCCC1CC1. The maximum atomic E-state index is 11.2. The minimum atomic E-state index is -0.881. The summed E-state index contributed by atoms with van der Waals surface area (Å²) >= 11 is 0. The summed E-state index contributed by atoms with van der Waals surface area (Å²) in [4.78, 5) is 15.9. The van der Waals surface area contributed by atoms with Gasteiger partial charge in [-0.1, -0.05) is 26.7 Å². The first-order valence-corrected chi connectivity index (χ1v) is 7.79. The molecule has 1 aromatic carbocycles. The minimum absolute atomic E-state index is 0.334. The quantitative estimate of drug-likeness (QED) is 0.871. The molecule has 4 nitrogen and oxygen atoms in total. The molecule has 0 atom stereocenters. The summed E-state index contributed by atoms with van der Waals surface area (Å²) in [6.45, 7) is 5.21. The number of rotatable bonds is 6. The van der Waals surface area contributed by atoms with Crippen LogP contribution in [0.2, 0.25) is 0 Å². The van der Waals surface area contributed by atoms with E-state index in [1.807, 2.05) is 6.07 Å². The van der Waals surface area contributed by atoms with Crippen LogP contribution in [0.25, 0.3) is 11.0 Å². The van der Waals surface area contributed by atoms with Crippen molar-refractivity contribution in [3.63, 3.8) is 0 Å². The van der Waals surface area contributed by atoms with Crippen molar-refractivity contribution >= 4 is 17.0 Å². The molecule has 112 valence electrons. The van der Waals surface area contributed by atoms with Crippen molar-refractivity contribution in [2.24, 2.45) is 5.92 Å². The first-order valence-electron chi connectivity index (χ1n) is 7.79. The molecular weight excluding hydrogens is 264 g/mol. The van der Waals surface area contributed by atoms with Crippen LogP contribution in [0.15, 0.2) is 18.2 Å². The highest BCUT2D eigenvalue weighted by Crippen LogP contribution is 2.34. The van der Waals surface area contributed by atoms with E-state index in [1.165, 1.54) is 19.3 Å². The largest absolute Gasteiger partial charge is 0.478 e. The van der Waals surface area contributed by atoms with E-state index in [-0.39, 0.29) is 0 Å². The number of aromatic carboxylic acids is 1. The lowest BCUT2D eigenvalue weighted by Gasteiger charge is -2.11. The summed E-state index contributed by atoms with van der Waals surface area (Å²) in [5.74, 6) is 1.44. The molecular formula is C17H22N2O2. The number of hydrogen-bond donors (Lipinski definition) is 1. The number of benzene rings is 1. The average molecular weight is 286 g/mol. The van der Waals surface area contributed by atoms with Crippen LogP contribution in [-0.4, -0.2) is 20.6 Å². The van der Waals surface area contributed by atoms with E-state index < -0.39 is 5.97 Å². The standard InChI is InChI=1S/C17H22N2O2/c1-11(2)16-18-14-8-7-13(17(20)21)10-15(14)19(16)9-3-4-12-5-6-12/h7-8,10-12H,3-6,9H2,1-2H3,(H,20,21). The van der Waals surface area contributed by atoms with E-state index in [2.05, 4.69) is 18.4 Å². The van der Waals surface area contributed by atoms with E-state index in [1.54, 1.807) is 12.1 Å². The van der Waals surface area contributed by atoms with Crippen molar-refractivity contribution in [1.29, 1.82) is 0 Å². The van der Waals surface area contributed by atoms with Crippen molar-refractivity contribution in [1.82, 2.24) is 9.55 Å². The van der Waals surface area contributed by atoms with Crippen LogP contribution in [0.3, 0.4) is 0 Å². The Kier molecular flexibility index (Phi) is 3.70. The Hall–Kier alpha value is -1.84. The fourth-order valence-electron chi connectivity index (χ4n) is 2.89. The number of carbonyl (C=O) groups is 1. The molecule has 4 heteroatoms. The van der Waals surface area contributed by atoms with Gasteiger partial charge in [0, 0.05) is 12.5 Å². The lowest BCUT2D eigenvalue weighted by Crippen LogP contribution is -2.06. The monoisotopic (exact) mass is 286 g/mol. The first-order chi connectivity index (χ1) is 10.1. The minimum Gasteiger partial charge on any atom is -0.478 e. The Balaban J connectivity index is 1.96. The first kappa shape index (κ1) is 14.1. The van der Waals surface area contributed by atoms with Crippen LogP contribution >= 0.6 is 0 Å². The lowest BCUT2D eigenvalue weighted by molar-refractivity contribution is 0.0697. The molecule has 0 saturated heterocycles. The summed E-state index contributed by atoms with van der Waals surface area (Å²) in [6.07, 6.45) is 5.18. The summed E-state index contributed by atoms with van der Waals surface area (Å²) in [5, 5.41) is 9.18. The third-order valence-electron chi connectivity index (χ3n) is 4.23. The molecule has 0 unspecified atom stereocenters. The molecule has 0 aliphatic heterocycles. The van der Waals surface area contributed by atoms with Crippen LogP contribution in [0, 0.1) is 5.92 Å². The van der Waals surface area contributed by atoms with E-state index in [0.717, 1.165) is 35.7 Å². The Morgan fingerprint density at radius 3 is 2.81 bits per heavy atom. The molecule has 1 saturated carbocycles. The van der Waals surface area contributed by atoms with Gasteiger partial charge in [0.1, 0.15) is 5.82 Å². The summed E-state index contributed by atoms with van der Waals surface area (Å²) in [5.41, 5.74) is 2.19. The number of hydrogen-bond acceptors (Lipinski definition) is 2. The molecule has 1 aromatic heterocycles. The highest BCUT2D eigenvalue weighted by atomic mass is 16.4. The van der Waals surface area contributed by atoms with E-state index in [4.69, 9.17) is 4.98 Å². The second kappa shape index (κ2) is 5.51. The predicted octanol–water partition coefficient (Wildman–Crippen LogP) is 4.05. The van der Waals surface area contributed by atoms with Gasteiger partial charge in [-0.15, -0.1) is 0 Å². The number of fused-ring (bicyclic) bond motifs is 1. The van der Waals surface area contributed by atoms with Crippen molar-refractivity contribution in [2.45, 2.75) is 52.0 Å². The molecule has 3 rings (SSSR count). The maximum absolute atomic E-state index is 11.2. The van der Waals surface area contributed by atoms with Gasteiger partial charge in [-0.05, 0) is 37.0 Å². The molecule has 1 N–H and O–H groups in total. The van der Waals surface area contributed by atoms with Crippen molar-refractivity contribution < 1.29 is 9.90 Å². The molecule has 1 aliphatic rings. The van der Waals surface area contributed by atoms with Crippen molar-refractivity contribution in [2.75, 3.05) is 0 Å². The van der Waals surface area contributed by atoms with E-state index >= 15 is 0 Å². The molecule has 2 aromatic rings. The third-order valence-corrected chi connectivity index (χ3v) is 4.23.